The molecule has 0 aromatic heterocycles. The number of carbonyl (C=O) groups is 2. The molecule has 1 amide bonds. The molecule has 0 heterocycles. The monoisotopic (exact) mass is 397 g/mol. The fraction of sp³-hybridized carbons (Fsp3) is 0.636. The topological polar surface area (TPSA) is 84.9 Å². The van der Waals surface area contributed by atoms with Gasteiger partial charge in [-0.1, -0.05) is 46.5 Å². The molecule has 0 unspecified atom stereocenters. The van der Waals surface area contributed by atoms with E-state index in [2.05, 4.69) is 12.2 Å². The van der Waals surface area contributed by atoms with Crippen molar-refractivity contribution in [3.63, 3.8) is 0 Å². The number of aldehydes is 1. The van der Waals surface area contributed by atoms with Gasteiger partial charge in [0, 0.05) is 20.1 Å². The van der Waals surface area contributed by atoms with Gasteiger partial charge in [0.15, 0.2) is 11.5 Å². The van der Waals surface area contributed by atoms with Crippen LogP contribution in [0.25, 0.3) is 0 Å². The smallest absolute Gasteiger partial charge is 0.246 e. The van der Waals surface area contributed by atoms with Gasteiger partial charge in [0.1, 0.15) is 12.9 Å². The maximum atomic E-state index is 11.2. The predicted molar refractivity (Wildman–Crippen MR) is 114 cm³/mol. The van der Waals surface area contributed by atoms with Crippen LogP contribution in [0.5, 0.6) is 11.5 Å². The van der Waals surface area contributed by atoms with Gasteiger partial charge in [-0.25, -0.2) is 0 Å². The number of benzene rings is 1. The van der Waals surface area contributed by atoms with Gasteiger partial charge >= 0.3 is 0 Å². The molecule has 2 N–H and O–H groups in total. The Bertz CT molecular complexity index is 532. The van der Waals surface area contributed by atoms with Crippen LogP contribution >= 0.6 is 0 Å². The second kappa shape index (κ2) is 19.7. The molecule has 0 aliphatic carbocycles. The summed E-state index contributed by atoms with van der Waals surface area (Å²) in [4.78, 5) is 21.1. The normalized spacial score (nSPS) is 9.36. The lowest BCUT2D eigenvalue weighted by atomic mass is 10.1. The molecule has 0 atom stereocenters. The second-order valence-electron chi connectivity index (χ2n) is 6.03. The molecule has 0 saturated heterocycles. The Labute approximate surface area is 170 Å². The molecule has 162 valence electrons. The van der Waals surface area contributed by atoms with E-state index >= 15 is 0 Å². The number of phenols is 1. The Kier molecular flexibility index (Phi) is 19.8. The summed E-state index contributed by atoms with van der Waals surface area (Å²) in [5, 5.41) is 12.3. The first kappa shape index (κ1) is 28.1. The average molecular weight is 398 g/mol. The molecule has 28 heavy (non-hydrogen) atoms. The zero-order valence-corrected chi connectivity index (χ0v) is 18.5. The van der Waals surface area contributed by atoms with Crippen LogP contribution in [0.15, 0.2) is 12.1 Å². The van der Waals surface area contributed by atoms with Crippen molar-refractivity contribution in [2.24, 2.45) is 0 Å². The van der Waals surface area contributed by atoms with Crippen LogP contribution in [0.3, 0.4) is 0 Å². The molecule has 0 radical (unpaired) electrons. The molecular formula is C22H39NO5. The van der Waals surface area contributed by atoms with Crippen LogP contribution in [0.1, 0.15) is 70.4 Å². The van der Waals surface area contributed by atoms with Gasteiger partial charge in [-0.2, -0.15) is 0 Å². The van der Waals surface area contributed by atoms with E-state index in [0.29, 0.717) is 12.3 Å². The SMILES string of the molecule is CC.CCCCCCCC=O.COCC(=O)NCc1cc(OC)c(O)cc1C. The highest BCUT2D eigenvalue weighted by Gasteiger charge is 2.08. The lowest BCUT2D eigenvalue weighted by Crippen LogP contribution is -2.26. The van der Waals surface area contributed by atoms with Crippen molar-refractivity contribution in [2.45, 2.75) is 72.8 Å². The highest BCUT2D eigenvalue weighted by molar-refractivity contribution is 5.77. The Hall–Kier alpha value is -2.08. The summed E-state index contributed by atoms with van der Waals surface area (Å²) in [6.07, 6.45) is 7.97. The number of phenolic OH excluding ortho intramolecular Hbond substituents is 1. The fourth-order valence-electron chi connectivity index (χ4n) is 2.28. The number of carbonyl (C=O) groups excluding carboxylic acids is 2. The Morgan fingerprint density at radius 2 is 1.79 bits per heavy atom. The molecule has 0 aliphatic heterocycles. The minimum absolute atomic E-state index is 0.0360. The molecule has 0 spiro atoms. The minimum atomic E-state index is -0.182. The van der Waals surface area contributed by atoms with Gasteiger partial charge in [0.05, 0.1) is 7.11 Å². The van der Waals surface area contributed by atoms with Gasteiger partial charge in [-0.05, 0) is 36.6 Å². The molecule has 0 aliphatic rings. The number of nitrogens with one attached hydrogen (secondary N) is 1. The van der Waals surface area contributed by atoms with Crippen molar-refractivity contribution in [3.8, 4) is 11.5 Å². The standard InChI is InChI=1S/C12H17NO4.C8H16O.C2H6/c1-8-4-10(14)11(17-3)5-9(8)6-13-12(15)7-16-2;1-2-3-4-5-6-7-8-9;1-2/h4-5,14H,6-7H2,1-3H3,(H,13,15);8H,2-7H2,1H3;1-2H3. The number of hydrogen-bond acceptors (Lipinski definition) is 5. The van der Waals surface area contributed by atoms with Crippen molar-refractivity contribution < 1.29 is 24.2 Å². The van der Waals surface area contributed by atoms with Crippen LogP contribution in [-0.2, 0) is 20.9 Å². The zero-order valence-electron chi connectivity index (χ0n) is 18.5. The molecule has 0 fully saturated rings. The van der Waals surface area contributed by atoms with E-state index in [4.69, 9.17) is 9.47 Å². The van der Waals surface area contributed by atoms with Crippen LogP contribution in [0.4, 0.5) is 0 Å². The van der Waals surface area contributed by atoms with E-state index in [1.54, 1.807) is 12.1 Å². The molecule has 1 rings (SSSR count). The van der Waals surface area contributed by atoms with E-state index in [1.807, 2.05) is 20.8 Å². The van der Waals surface area contributed by atoms with Crippen molar-refractivity contribution in [3.05, 3.63) is 23.3 Å². The third-order valence-electron chi connectivity index (χ3n) is 3.81. The lowest BCUT2D eigenvalue weighted by Gasteiger charge is -2.11. The van der Waals surface area contributed by atoms with Gasteiger partial charge < -0.3 is 24.7 Å². The fourth-order valence-corrected chi connectivity index (χ4v) is 2.28. The second-order valence-corrected chi connectivity index (χ2v) is 6.03. The third-order valence-corrected chi connectivity index (χ3v) is 3.81. The average Bonchev–Trinajstić information content (AvgIpc) is 2.69. The number of aryl methyl sites for hydroxylation is 1. The molecular weight excluding hydrogens is 358 g/mol. The third kappa shape index (κ3) is 14.0. The van der Waals surface area contributed by atoms with Gasteiger partial charge in [0.2, 0.25) is 5.91 Å². The summed E-state index contributed by atoms with van der Waals surface area (Å²) in [6, 6.07) is 3.31. The maximum absolute atomic E-state index is 11.2. The van der Waals surface area contributed by atoms with E-state index in [1.165, 1.54) is 39.9 Å². The minimum Gasteiger partial charge on any atom is -0.504 e. The molecule has 0 bridgehead atoms. The summed E-state index contributed by atoms with van der Waals surface area (Å²) in [6.45, 7) is 8.47. The molecule has 6 nitrogen and oxygen atoms in total. The zero-order chi connectivity index (χ0) is 21.8. The predicted octanol–water partition coefficient (Wildman–Crippen LogP) is 4.54. The number of rotatable bonds is 11. The van der Waals surface area contributed by atoms with Gasteiger partial charge in [0.25, 0.3) is 0 Å². The van der Waals surface area contributed by atoms with E-state index in [9.17, 15) is 14.7 Å². The van der Waals surface area contributed by atoms with Crippen molar-refractivity contribution in [2.75, 3.05) is 20.8 Å². The Morgan fingerprint density at radius 1 is 1.14 bits per heavy atom. The summed E-state index contributed by atoms with van der Waals surface area (Å²) in [5.41, 5.74) is 1.78. The van der Waals surface area contributed by atoms with Crippen molar-refractivity contribution >= 4 is 12.2 Å². The molecule has 6 heteroatoms. The first-order valence-corrected chi connectivity index (χ1v) is 10.1. The largest absolute Gasteiger partial charge is 0.504 e. The highest BCUT2D eigenvalue weighted by Crippen LogP contribution is 2.28. The van der Waals surface area contributed by atoms with Gasteiger partial charge in [-0.15, -0.1) is 0 Å². The van der Waals surface area contributed by atoms with Crippen LogP contribution in [-0.4, -0.2) is 38.1 Å². The van der Waals surface area contributed by atoms with Crippen molar-refractivity contribution in [1.29, 1.82) is 0 Å². The number of aromatic hydroxyl groups is 1. The number of hydrogen-bond donors (Lipinski definition) is 2. The molecule has 1 aromatic carbocycles. The van der Waals surface area contributed by atoms with Crippen molar-refractivity contribution in [1.82, 2.24) is 5.32 Å². The summed E-state index contributed by atoms with van der Waals surface area (Å²) < 4.78 is 9.72. The number of ether oxygens (including phenoxy) is 2. The van der Waals surface area contributed by atoms with E-state index in [0.717, 1.165) is 30.3 Å². The Morgan fingerprint density at radius 3 is 2.32 bits per heavy atom. The summed E-state index contributed by atoms with van der Waals surface area (Å²) >= 11 is 0. The maximum Gasteiger partial charge on any atom is 0.246 e. The number of amides is 1. The summed E-state index contributed by atoms with van der Waals surface area (Å²) in [5.74, 6) is 0.308. The van der Waals surface area contributed by atoms with Gasteiger partial charge in [-0.3, -0.25) is 4.79 Å². The van der Waals surface area contributed by atoms with Crippen LogP contribution in [0.2, 0.25) is 0 Å². The lowest BCUT2D eigenvalue weighted by molar-refractivity contribution is -0.124. The molecule has 1 aromatic rings. The Balaban J connectivity index is 0. The van der Waals surface area contributed by atoms with Crippen LogP contribution < -0.4 is 10.1 Å². The first-order chi connectivity index (χ1) is 13.5. The van der Waals surface area contributed by atoms with Crippen LogP contribution in [0, 0.1) is 6.92 Å². The number of unbranched alkanes of at least 4 members (excludes halogenated alkanes) is 5. The first-order valence-electron chi connectivity index (χ1n) is 10.1. The highest BCUT2D eigenvalue weighted by atomic mass is 16.5. The van der Waals surface area contributed by atoms with E-state index in [-0.39, 0.29) is 18.3 Å². The summed E-state index contributed by atoms with van der Waals surface area (Å²) in [7, 11) is 2.95. The number of methoxy groups -OCH3 is 2. The van der Waals surface area contributed by atoms with E-state index < -0.39 is 0 Å². The quantitative estimate of drug-likeness (QED) is 0.423. The molecule has 0 saturated carbocycles.